The summed E-state index contributed by atoms with van der Waals surface area (Å²) in [7, 11) is 2.12. The van der Waals surface area contributed by atoms with Gasteiger partial charge in [-0.3, -0.25) is 4.98 Å². The van der Waals surface area contributed by atoms with Crippen molar-refractivity contribution in [2.75, 3.05) is 6.61 Å². The number of aromatic nitrogens is 1. The predicted octanol–water partition coefficient (Wildman–Crippen LogP) is 1.60. The fourth-order valence-corrected chi connectivity index (χ4v) is 3.21. The van der Waals surface area contributed by atoms with Gasteiger partial charge in [-0.1, -0.05) is 5.46 Å². The van der Waals surface area contributed by atoms with Gasteiger partial charge < -0.3 is 9.47 Å². The largest absolute Gasteiger partial charge is 0.353 e. The van der Waals surface area contributed by atoms with Crippen LogP contribution < -0.4 is 5.46 Å². The van der Waals surface area contributed by atoms with E-state index in [1.54, 1.807) is 11.3 Å². The third kappa shape index (κ3) is 2.58. The smallest absolute Gasteiger partial charge is 0.158 e. The average Bonchev–Trinajstić information content (AvgIpc) is 2.82. The first-order chi connectivity index (χ1) is 8.83. The Morgan fingerprint density at radius 3 is 3.22 bits per heavy atom. The molecule has 0 bridgehead atoms. The van der Waals surface area contributed by atoms with Crippen LogP contribution in [0.5, 0.6) is 0 Å². The van der Waals surface area contributed by atoms with Crippen molar-refractivity contribution in [3.63, 3.8) is 0 Å². The first-order valence-electron chi connectivity index (χ1n) is 6.40. The summed E-state index contributed by atoms with van der Waals surface area (Å²) in [6, 6.07) is 4.17. The standard InChI is InChI=1S/C13H16BNO2S/c14-10-4-5-15-11-7-9(18-13(10)11)8-17-12-3-1-2-6-16-12/h4-5,7,12H,1-3,6,8,14H2. The van der Waals surface area contributed by atoms with E-state index in [9.17, 15) is 0 Å². The molecule has 1 fully saturated rings. The van der Waals surface area contributed by atoms with Crippen molar-refractivity contribution in [2.45, 2.75) is 32.2 Å². The van der Waals surface area contributed by atoms with Crippen LogP contribution >= 0.6 is 11.3 Å². The second kappa shape index (κ2) is 5.39. The lowest BCUT2D eigenvalue weighted by molar-refractivity contribution is -0.168. The maximum absolute atomic E-state index is 5.80. The van der Waals surface area contributed by atoms with Gasteiger partial charge in [0.25, 0.3) is 0 Å². The zero-order valence-corrected chi connectivity index (χ0v) is 11.3. The number of thiophene rings is 1. The van der Waals surface area contributed by atoms with Crippen LogP contribution in [0.1, 0.15) is 24.1 Å². The molecular formula is C13H16BNO2S. The van der Waals surface area contributed by atoms with Crippen LogP contribution in [0.25, 0.3) is 10.2 Å². The highest BCUT2D eigenvalue weighted by Gasteiger charge is 2.14. The fraction of sp³-hybridized carbons (Fsp3) is 0.462. The van der Waals surface area contributed by atoms with Crippen molar-refractivity contribution >= 4 is 34.9 Å². The monoisotopic (exact) mass is 261 g/mol. The number of fused-ring (bicyclic) bond motifs is 1. The third-order valence-corrected chi connectivity index (χ3v) is 4.44. The van der Waals surface area contributed by atoms with Crippen LogP contribution in [0.4, 0.5) is 0 Å². The predicted molar refractivity (Wildman–Crippen MR) is 76.2 cm³/mol. The van der Waals surface area contributed by atoms with E-state index < -0.39 is 0 Å². The van der Waals surface area contributed by atoms with Gasteiger partial charge >= 0.3 is 0 Å². The number of nitrogens with zero attached hydrogens (tertiary/aromatic N) is 1. The molecule has 0 radical (unpaired) electrons. The summed E-state index contributed by atoms with van der Waals surface area (Å²) in [5.74, 6) is 0. The molecule has 1 aliphatic heterocycles. The average molecular weight is 261 g/mol. The summed E-state index contributed by atoms with van der Waals surface area (Å²) >= 11 is 1.77. The highest BCUT2D eigenvalue weighted by molar-refractivity contribution is 7.20. The first-order valence-corrected chi connectivity index (χ1v) is 7.22. The zero-order chi connectivity index (χ0) is 12.4. The minimum Gasteiger partial charge on any atom is -0.353 e. The molecule has 3 heterocycles. The maximum Gasteiger partial charge on any atom is 0.158 e. The van der Waals surface area contributed by atoms with Gasteiger partial charge in [0.2, 0.25) is 0 Å². The number of hydrogen-bond donors (Lipinski definition) is 0. The van der Waals surface area contributed by atoms with Crippen LogP contribution in [-0.4, -0.2) is 25.7 Å². The van der Waals surface area contributed by atoms with Crippen LogP contribution in [0.3, 0.4) is 0 Å². The molecule has 0 aliphatic carbocycles. The molecule has 1 aliphatic rings. The SMILES string of the molecule is Bc1ccnc2cc(COC3CCCCO3)sc12. The lowest BCUT2D eigenvalue weighted by Crippen LogP contribution is -2.21. The fourth-order valence-electron chi connectivity index (χ4n) is 2.20. The van der Waals surface area contributed by atoms with Crippen LogP contribution in [-0.2, 0) is 16.1 Å². The van der Waals surface area contributed by atoms with E-state index in [0.29, 0.717) is 6.61 Å². The molecular weight excluding hydrogens is 245 g/mol. The Labute approximate surface area is 112 Å². The van der Waals surface area contributed by atoms with Crippen molar-refractivity contribution in [1.82, 2.24) is 4.98 Å². The second-order valence-electron chi connectivity index (χ2n) is 4.66. The number of pyridine rings is 1. The van der Waals surface area contributed by atoms with E-state index in [1.165, 1.54) is 21.5 Å². The van der Waals surface area contributed by atoms with Gasteiger partial charge in [0.15, 0.2) is 6.29 Å². The first kappa shape index (κ1) is 12.1. The van der Waals surface area contributed by atoms with Crippen molar-refractivity contribution in [3.8, 4) is 0 Å². The van der Waals surface area contributed by atoms with E-state index >= 15 is 0 Å². The zero-order valence-electron chi connectivity index (χ0n) is 10.5. The lowest BCUT2D eigenvalue weighted by atomic mass is 9.97. The van der Waals surface area contributed by atoms with Gasteiger partial charge in [-0.15, -0.1) is 11.3 Å². The molecule has 18 heavy (non-hydrogen) atoms. The highest BCUT2D eigenvalue weighted by atomic mass is 32.1. The summed E-state index contributed by atoms with van der Waals surface area (Å²) in [5, 5.41) is 0. The maximum atomic E-state index is 5.80. The molecule has 5 heteroatoms. The summed E-state index contributed by atoms with van der Waals surface area (Å²) < 4.78 is 12.6. The molecule has 0 aromatic carbocycles. The van der Waals surface area contributed by atoms with Crippen LogP contribution in [0, 0.1) is 0 Å². The van der Waals surface area contributed by atoms with Crippen molar-refractivity contribution in [1.29, 1.82) is 0 Å². The van der Waals surface area contributed by atoms with Gasteiger partial charge in [-0.2, -0.15) is 0 Å². The third-order valence-electron chi connectivity index (χ3n) is 3.21. The number of rotatable bonds is 3. The van der Waals surface area contributed by atoms with E-state index in [4.69, 9.17) is 9.47 Å². The molecule has 0 saturated carbocycles. The molecule has 2 aromatic heterocycles. The quantitative estimate of drug-likeness (QED) is 0.786. The molecule has 1 unspecified atom stereocenters. The lowest BCUT2D eigenvalue weighted by Gasteiger charge is -2.22. The van der Waals surface area contributed by atoms with Crippen molar-refractivity contribution in [3.05, 3.63) is 23.2 Å². The summed E-state index contributed by atoms with van der Waals surface area (Å²) in [4.78, 5) is 5.60. The Balaban J connectivity index is 1.69. The summed E-state index contributed by atoms with van der Waals surface area (Å²) in [6.45, 7) is 1.46. The van der Waals surface area contributed by atoms with Gasteiger partial charge in [0.05, 0.1) is 12.1 Å². The summed E-state index contributed by atoms with van der Waals surface area (Å²) in [6.07, 6.45) is 5.23. The second-order valence-corrected chi connectivity index (χ2v) is 5.80. The number of hydrogen-bond acceptors (Lipinski definition) is 4. The molecule has 0 spiro atoms. The van der Waals surface area contributed by atoms with E-state index in [2.05, 4.69) is 18.9 Å². The topological polar surface area (TPSA) is 31.4 Å². The Hall–Kier alpha value is -0.905. The molecule has 3 rings (SSSR count). The van der Waals surface area contributed by atoms with E-state index in [1.807, 2.05) is 12.3 Å². The normalized spacial score (nSPS) is 20.3. The summed E-state index contributed by atoms with van der Waals surface area (Å²) in [5.41, 5.74) is 2.35. The Kier molecular flexibility index (Phi) is 3.63. The van der Waals surface area contributed by atoms with Gasteiger partial charge in [0, 0.05) is 22.4 Å². The van der Waals surface area contributed by atoms with Gasteiger partial charge in [-0.05, 0) is 31.4 Å². The Bertz CT molecular complexity index is 537. The molecule has 94 valence electrons. The van der Waals surface area contributed by atoms with E-state index in [-0.39, 0.29) is 6.29 Å². The molecule has 1 saturated heterocycles. The minimum atomic E-state index is -0.0157. The molecule has 3 nitrogen and oxygen atoms in total. The van der Waals surface area contributed by atoms with Crippen molar-refractivity contribution in [2.24, 2.45) is 0 Å². The van der Waals surface area contributed by atoms with E-state index in [0.717, 1.165) is 25.0 Å². The Morgan fingerprint density at radius 1 is 1.50 bits per heavy atom. The van der Waals surface area contributed by atoms with Crippen LogP contribution in [0.2, 0.25) is 0 Å². The molecule has 0 N–H and O–H groups in total. The van der Waals surface area contributed by atoms with Gasteiger partial charge in [-0.25, -0.2) is 0 Å². The van der Waals surface area contributed by atoms with Crippen LogP contribution in [0.15, 0.2) is 18.3 Å². The van der Waals surface area contributed by atoms with Crippen molar-refractivity contribution < 1.29 is 9.47 Å². The molecule has 2 aromatic rings. The number of ether oxygens (including phenoxy) is 2. The van der Waals surface area contributed by atoms with Gasteiger partial charge in [0.1, 0.15) is 7.85 Å². The Morgan fingerprint density at radius 2 is 2.44 bits per heavy atom. The molecule has 1 atom stereocenters. The molecule has 0 amide bonds. The highest BCUT2D eigenvalue weighted by Crippen LogP contribution is 2.24. The minimum absolute atomic E-state index is 0.0157.